The molecule has 2 rings (SSSR count). The lowest BCUT2D eigenvalue weighted by molar-refractivity contribution is -0.156. The van der Waals surface area contributed by atoms with E-state index in [-0.39, 0.29) is 11.8 Å². The molecule has 0 saturated heterocycles. The fourth-order valence-electron chi connectivity index (χ4n) is 2.66. The Kier molecular flexibility index (Phi) is 4.77. The maximum absolute atomic E-state index is 12.4. The first-order valence-electron chi connectivity index (χ1n) is 7.19. The predicted molar refractivity (Wildman–Crippen MR) is 76.2 cm³/mol. The van der Waals surface area contributed by atoms with Crippen molar-refractivity contribution < 1.29 is 14.7 Å². The number of amides is 1. The lowest BCUT2D eigenvalue weighted by Gasteiger charge is -2.36. The molecule has 0 aliphatic heterocycles. The molecule has 1 saturated carbocycles. The third-order valence-corrected chi connectivity index (χ3v) is 4.12. The van der Waals surface area contributed by atoms with Crippen LogP contribution in [0, 0.1) is 11.8 Å². The minimum absolute atomic E-state index is 0.00193. The largest absolute Gasteiger partial charge is 0.481 e. The van der Waals surface area contributed by atoms with Crippen molar-refractivity contribution in [3.05, 3.63) is 35.9 Å². The number of likely N-dealkylation sites (N-methyl/N-ethyl adjacent to an activating group) is 1. The second-order valence-electron chi connectivity index (χ2n) is 5.28. The maximum Gasteiger partial charge on any atom is 0.307 e. The molecule has 1 N–H and O–H groups in total. The van der Waals surface area contributed by atoms with E-state index < -0.39 is 11.9 Å². The summed E-state index contributed by atoms with van der Waals surface area (Å²) in [5.41, 5.74) is 1.20. The molecule has 4 heteroatoms. The Morgan fingerprint density at radius 1 is 1.20 bits per heavy atom. The average Bonchev–Trinajstić information content (AvgIpc) is 2.38. The van der Waals surface area contributed by atoms with Crippen LogP contribution >= 0.6 is 0 Å². The number of carboxylic acid groups (broad SMARTS) is 1. The van der Waals surface area contributed by atoms with Crippen molar-refractivity contribution >= 4 is 11.9 Å². The fraction of sp³-hybridized carbons (Fsp3) is 0.500. The van der Waals surface area contributed by atoms with Crippen LogP contribution in [0.1, 0.15) is 25.3 Å². The number of hydrogen-bond donors (Lipinski definition) is 1. The Morgan fingerprint density at radius 3 is 2.35 bits per heavy atom. The average molecular weight is 275 g/mol. The zero-order valence-electron chi connectivity index (χ0n) is 11.8. The van der Waals surface area contributed by atoms with E-state index in [0.717, 1.165) is 6.42 Å². The summed E-state index contributed by atoms with van der Waals surface area (Å²) in [6, 6.07) is 10.0. The van der Waals surface area contributed by atoms with E-state index in [9.17, 15) is 9.59 Å². The molecule has 0 spiro atoms. The van der Waals surface area contributed by atoms with Crippen molar-refractivity contribution in [3.63, 3.8) is 0 Å². The summed E-state index contributed by atoms with van der Waals surface area (Å²) in [4.78, 5) is 25.2. The lowest BCUT2D eigenvalue weighted by atomic mass is 9.73. The van der Waals surface area contributed by atoms with Gasteiger partial charge in [-0.15, -0.1) is 0 Å². The number of hydrogen-bond acceptors (Lipinski definition) is 2. The Hall–Kier alpha value is -1.84. The van der Waals surface area contributed by atoms with Crippen LogP contribution in [0.15, 0.2) is 30.3 Å². The lowest BCUT2D eigenvalue weighted by Crippen LogP contribution is -2.46. The molecule has 4 nitrogen and oxygen atoms in total. The topological polar surface area (TPSA) is 57.6 Å². The SMILES string of the molecule is CCN(CCc1ccccc1)C(=O)C1CCC1C(=O)O. The van der Waals surface area contributed by atoms with Gasteiger partial charge in [0.1, 0.15) is 0 Å². The van der Waals surface area contributed by atoms with E-state index in [1.54, 1.807) is 4.90 Å². The molecule has 20 heavy (non-hydrogen) atoms. The van der Waals surface area contributed by atoms with Gasteiger partial charge in [-0.2, -0.15) is 0 Å². The van der Waals surface area contributed by atoms with Gasteiger partial charge in [0.25, 0.3) is 0 Å². The van der Waals surface area contributed by atoms with Crippen LogP contribution in [0.3, 0.4) is 0 Å². The van der Waals surface area contributed by atoms with Crippen molar-refractivity contribution in [1.82, 2.24) is 4.90 Å². The fourth-order valence-corrected chi connectivity index (χ4v) is 2.66. The van der Waals surface area contributed by atoms with E-state index in [4.69, 9.17) is 5.11 Å². The second kappa shape index (κ2) is 6.55. The number of carboxylic acids is 1. The molecule has 0 heterocycles. The van der Waals surface area contributed by atoms with Crippen molar-refractivity contribution in [3.8, 4) is 0 Å². The van der Waals surface area contributed by atoms with Gasteiger partial charge in [-0.1, -0.05) is 30.3 Å². The normalized spacial score (nSPS) is 21.1. The molecule has 1 aromatic carbocycles. The highest BCUT2D eigenvalue weighted by Crippen LogP contribution is 2.35. The maximum atomic E-state index is 12.4. The van der Waals surface area contributed by atoms with Crippen LogP contribution in [0.5, 0.6) is 0 Å². The van der Waals surface area contributed by atoms with Gasteiger partial charge in [-0.25, -0.2) is 0 Å². The zero-order chi connectivity index (χ0) is 14.5. The van der Waals surface area contributed by atoms with E-state index in [1.165, 1.54) is 5.56 Å². The van der Waals surface area contributed by atoms with Gasteiger partial charge in [0.2, 0.25) is 5.91 Å². The highest BCUT2D eigenvalue weighted by molar-refractivity contribution is 5.86. The van der Waals surface area contributed by atoms with E-state index >= 15 is 0 Å². The van der Waals surface area contributed by atoms with Crippen LogP contribution in [-0.4, -0.2) is 35.0 Å². The standard InChI is InChI=1S/C16H21NO3/c1-2-17(11-10-12-6-4-3-5-7-12)15(18)13-8-9-14(13)16(19)20/h3-7,13-14H,2,8-11H2,1H3,(H,19,20). The minimum atomic E-state index is -0.839. The molecule has 0 aromatic heterocycles. The minimum Gasteiger partial charge on any atom is -0.481 e. The molecule has 108 valence electrons. The van der Waals surface area contributed by atoms with Gasteiger partial charge in [-0.3, -0.25) is 9.59 Å². The summed E-state index contributed by atoms with van der Waals surface area (Å²) in [6.07, 6.45) is 2.14. The summed E-state index contributed by atoms with van der Waals surface area (Å²) in [5.74, 6) is -1.63. The van der Waals surface area contributed by atoms with Crippen LogP contribution < -0.4 is 0 Å². The molecule has 0 radical (unpaired) electrons. The number of carbonyl (C=O) groups excluding carboxylic acids is 1. The predicted octanol–water partition coefficient (Wildman–Crippen LogP) is 2.19. The number of rotatable bonds is 6. The highest BCUT2D eigenvalue weighted by atomic mass is 16.4. The first-order chi connectivity index (χ1) is 9.63. The third kappa shape index (κ3) is 3.18. The second-order valence-corrected chi connectivity index (χ2v) is 5.28. The van der Waals surface area contributed by atoms with Gasteiger partial charge < -0.3 is 10.0 Å². The Balaban J connectivity index is 1.91. The van der Waals surface area contributed by atoms with Gasteiger partial charge >= 0.3 is 5.97 Å². The van der Waals surface area contributed by atoms with Gasteiger partial charge in [0.15, 0.2) is 0 Å². The zero-order valence-corrected chi connectivity index (χ0v) is 11.8. The van der Waals surface area contributed by atoms with Crippen molar-refractivity contribution in [2.75, 3.05) is 13.1 Å². The molecular formula is C16H21NO3. The summed E-state index contributed by atoms with van der Waals surface area (Å²) < 4.78 is 0. The first-order valence-corrected chi connectivity index (χ1v) is 7.19. The quantitative estimate of drug-likeness (QED) is 0.865. The molecule has 0 bridgehead atoms. The van der Waals surface area contributed by atoms with E-state index in [2.05, 4.69) is 0 Å². The van der Waals surface area contributed by atoms with Gasteiger partial charge in [0, 0.05) is 13.1 Å². The molecule has 1 fully saturated rings. The van der Waals surface area contributed by atoms with Crippen LogP contribution in [0.4, 0.5) is 0 Å². The van der Waals surface area contributed by atoms with E-state index in [1.807, 2.05) is 37.3 Å². The van der Waals surface area contributed by atoms with Crippen LogP contribution in [-0.2, 0) is 16.0 Å². The summed E-state index contributed by atoms with van der Waals surface area (Å²) in [6.45, 7) is 3.23. The Morgan fingerprint density at radius 2 is 1.85 bits per heavy atom. The monoisotopic (exact) mass is 275 g/mol. The summed E-state index contributed by atoms with van der Waals surface area (Å²) in [7, 11) is 0. The number of aliphatic carboxylic acids is 1. The molecule has 1 amide bonds. The van der Waals surface area contributed by atoms with Crippen LogP contribution in [0.2, 0.25) is 0 Å². The molecule has 2 unspecified atom stereocenters. The molecule has 1 aliphatic rings. The molecule has 2 atom stereocenters. The number of nitrogens with zero attached hydrogens (tertiary/aromatic N) is 1. The summed E-state index contributed by atoms with van der Waals surface area (Å²) in [5, 5.41) is 9.04. The molecule has 1 aliphatic carbocycles. The van der Waals surface area contributed by atoms with Gasteiger partial charge in [-0.05, 0) is 31.7 Å². The van der Waals surface area contributed by atoms with Crippen molar-refractivity contribution in [2.24, 2.45) is 11.8 Å². The molecular weight excluding hydrogens is 254 g/mol. The van der Waals surface area contributed by atoms with Crippen molar-refractivity contribution in [2.45, 2.75) is 26.2 Å². The smallest absolute Gasteiger partial charge is 0.307 e. The molecule has 1 aromatic rings. The Labute approximate surface area is 119 Å². The number of carbonyl (C=O) groups is 2. The third-order valence-electron chi connectivity index (χ3n) is 4.12. The highest BCUT2D eigenvalue weighted by Gasteiger charge is 2.42. The Bertz CT molecular complexity index is 472. The van der Waals surface area contributed by atoms with Gasteiger partial charge in [0.05, 0.1) is 11.8 Å². The van der Waals surface area contributed by atoms with Crippen LogP contribution in [0.25, 0.3) is 0 Å². The summed E-state index contributed by atoms with van der Waals surface area (Å²) >= 11 is 0. The first kappa shape index (κ1) is 14.6. The number of benzene rings is 1. The van der Waals surface area contributed by atoms with E-state index in [0.29, 0.717) is 25.9 Å². The van der Waals surface area contributed by atoms with Crippen molar-refractivity contribution in [1.29, 1.82) is 0 Å².